The van der Waals surface area contributed by atoms with Crippen molar-refractivity contribution in [3.63, 3.8) is 0 Å². The van der Waals surface area contributed by atoms with Crippen molar-refractivity contribution in [2.75, 3.05) is 20.8 Å². The Morgan fingerprint density at radius 3 is 2.43 bits per heavy atom. The average molecular weight is 331 g/mol. The van der Waals surface area contributed by atoms with E-state index < -0.39 is 22.0 Å². The number of thiol groups is 1. The van der Waals surface area contributed by atoms with Gasteiger partial charge in [0.25, 0.3) is 0 Å². The lowest BCUT2D eigenvalue weighted by molar-refractivity contribution is -0.144. The van der Waals surface area contributed by atoms with Gasteiger partial charge < -0.3 is 9.47 Å². The van der Waals surface area contributed by atoms with Gasteiger partial charge in [0.05, 0.1) is 19.1 Å². The normalized spacial score (nSPS) is 23.0. The standard InChI is InChI=1S/C13H17NO5S2/c1-18-9-3-5-11(6-4-9)21(16,17)14-8-10(20)7-12(14)13(15)19-2/h3-6,10,12,20H,7-8H2,1-2H3/t10-,12+/m0/s1. The molecular formula is C13H17NO5S2. The van der Waals surface area contributed by atoms with Gasteiger partial charge in [-0.2, -0.15) is 16.9 Å². The van der Waals surface area contributed by atoms with Gasteiger partial charge in [-0.1, -0.05) is 0 Å². The lowest BCUT2D eigenvalue weighted by Gasteiger charge is -2.22. The van der Waals surface area contributed by atoms with Crippen LogP contribution in [-0.2, 0) is 19.6 Å². The molecular weight excluding hydrogens is 314 g/mol. The van der Waals surface area contributed by atoms with Crippen LogP contribution in [0.25, 0.3) is 0 Å². The van der Waals surface area contributed by atoms with Crippen LogP contribution in [0.1, 0.15) is 6.42 Å². The highest BCUT2D eigenvalue weighted by Crippen LogP contribution is 2.30. The molecule has 8 heteroatoms. The van der Waals surface area contributed by atoms with Gasteiger partial charge in [-0.15, -0.1) is 0 Å². The van der Waals surface area contributed by atoms with E-state index in [4.69, 9.17) is 4.74 Å². The number of sulfonamides is 1. The second-order valence-electron chi connectivity index (χ2n) is 4.68. The number of hydrogen-bond acceptors (Lipinski definition) is 6. The van der Waals surface area contributed by atoms with E-state index in [-0.39, 0.29) is 16.7 Å². The molecule has 0 spiro atoms. The summed E-state index contributed by atoms with van der Waals surface area (Å²) in [6.45, 7) is 0.178. The van der Waals surface area contributed by atoms with E-state index in [1.165, 1.54) is 26.4 Å². The lowest BCUT2D eigenvalue weighted by Crippen LogP contribution is -2.41. The van der Waals surface area contributed by atoms with Crippen molar-refractivity contribution in [1.82, 2.24) is 4.31 Å². The van der Waals surface area contributed by atoms with Crippen LogP contribution in [0.2, 0.25) is 0 Å². The molecule has 0 aromatic heterocycles. The van der Waals surface area contributed by atoms with Crippen molar-refractivity contribution in [2.45, 2.75) is 22.6 Å². The number of carbonyl (C=O) groups excluding carboxylic acids is 1. The Kier molecular flexibility index (Phi) is 4.80. The van der Waals surface area contributed by atoms with Gasteiger partial charge in [-0.05, 0) is 30.7 Å². The zero-order valence-corrected chi connectivity index (χ0v) is 13.4. The molecule has 0 N–H and O–H groups in total. The predicted molar refractivity (Wildman–Crippen MR) is 80.1 cm³/mol. The van der Waals surface area contributed by atoms with E-state index in [2.05, 4.69) is 17.4 Å². The Morgan fingerprint density at radius 2 is 1.90 bits per heavy atom. The van der Waals surface area contributed by atoms with Crippen molar-refractivity contribution in [1.29, 1.82) is 0 Å². The van der Waals surface area contributed by atoms with Gasteiger partial charge >= 0.3 is 5.97 Å². The zero-order chi connectivity index (χ0) is 15.6. The van der Waals surface area contributed by atoms with Crippen LogP contribution in [0.4, 0.5) is 0 Å². The Balaban J connectivity index is 2.34. The smallest absolute Gasteiger partial charge is 0.324 e. The fourth-order valence-electron chi connectivity index (χ4n) is 2.28. The Hall–Kier alpha value is -1.25. The third kappa shape index (κ3) is 3.17. The highest BCUT2D eigenvalue weighted by molar-refractivity contribution is 7.89. The molecule has 116 valence electrons. The number of rotatable bonds is 4. The largest absolute Gasteiger partial charge is 0.497 e. The molecule has 0 amide bonds. The predicted octanol–water partition coefficient (Wildman–Crippen LogP) is 0.930. The van der Waals surface area contributed by atoms with Crippen LogP contribution in [0.3, 0.4) is 0 Å². The molecule has 21 heavy (non-hydrogen) atoms. The van der Waals surface area contributed by atoms with Gasteiger partial charge in [-0.25, -0.2) is 8.42 Å². The molecule has 0 bridgehead atoms. The summed E-state index contributed by atoms with van der Waals surface area (Å²) < 4.78 is 36.1. The highest BCUT2D eigenvalue weighted by atomic mass is 32.2. The van der Waals surface area contributed by atoms with Crippen molar-refractivity contribution < 1.29 is 22.7 Å². The van der Waals surface area contributed by atoms with Gasteiger partial charge in [0.15, 0.2) is 0 Å². The minimum absolute atomic E-state index is 0.111. The van der Waals surface area contributed by atoms with Crippen molar-refractivity contribution in [2.24, 2.45) is 0 Å². The number of carbonyl (C=O) groups is 1. The summed E-state index contributed by atoms with van der Waals surface area (Å²) >= 11 is 4.29. The van der Waals surface area contributed by atoms with Crippen LogP contribution in [0.5, 0.6) is 5.75 Å². The molecule has 6 nitrogen and oxygen atoms in total. The van der Waals surface area contributed by atoms with Gasteiger partial charge in [0.1, 0.15) is 11.8 Å². The second-order valence-corrected chi connectivity index (χ2v) is 7.30. The van der Waals surface area contributed by atoms with E-state index in [1.54, 1.807) is 12.1 Å². The topological polar surface area (TPSA) is 72.9 Å². The molecule has 0 aliphatic carbocycles. The van der Waals surface area contributed by atoms with Crippen LogP contribution in [-0.4, -0.2) is 50.7 Å². The first-order valence-electron chi connectivity index (χ1n) is 6.32. The van der Waals surface area contributed by atoms with Crippen molar-refractivity contribution in [3.05, 3.63) is 24.3 Å². The highest BCUT2D eigenvalue weighted by Gasteiger charge is 2.43. The first-order chi connectivity index (χ1) is 9.90. The minimum atomic E-state index is -3.77. The maximum atomic E-state index is 12.7. The fourth-order valence-corrected chi connectivity index (χ4v) is 4.40. The van der Waals surface area contributed by atoms with Crippen LogP contribution in [0.15, 0.2) is 29.2 Å². The maximum Gasteiger partial charge on any atom is 0.324 e. The number of hydrogen-bond donors (Lipinski definition) is 1. The van der Waals surface area contributed by atoms with Gasteiger partial charge in [-0.3, -0.25) is 4.79 Å². The number of ether oxygens (including phenoxy) is 2. The monoisotopic (exact) mass is 331 g/mol. The van der Waals surface area contributed by atoms with Crippen molar-refractivity contribution in [3.8, 4) is 5.75 Å². The molecule has 1 aromatic carbocycles. The molecule has 0 unspecified atom stereocenters. The summed E-state index contributed by atoms with van der Waals surface area (Å²) in [5, 5.41) is -0.192. The number of benzene rings is 1. The quantitative estimate of drug-likeness (QED) is 0.656. The third-order valence-electron chi connectivity index (χ3n) is 3.37. The molecule has 2 atom stereocenters. The van der Waals surface area contributed by atoms with E-state index >= 15 is 0 Å². The Morgan fingerprint density at radius 1 is 1.29 bits per heavy atom. The molecule has 1 aliphatic heterocycles. The SMILES string of the molecule is COC(=O)[C@H]1C[C@H](S)CN1S(=O)(=O)c1ccc(OC)cc1. The Labute approximate surface area is 129 Å². The molecule has 1 aromatic rings. The van der Waals surface area contributed by atoms with Crippen LogP contribution < -0.4 is 4.74 Å². The summed E-state index contributed by atoms with van der Waals surface area (Å²) in [5.74, 6) is -0.00408. The summed E-state index contributed by atoms with van der Waals surface area (Å²) in [4.78, 5) is 11.9. The second kappa shape index (κ2) is 6.25. The zero-order valence-electron chi connectivity index (χ0n) is 11.7. The van der Waals surface area contributed by atoms with Gasteiger partial charge in [0, 0.05) is 11.8 Å². The van der Waals surface area contributed by atoms with E-state index in [0.717, 1.165) is 4.31 Å². The van der Waals surface area contributed by atoms with E-state index in [9.17, 15) is 13.2 Å². The molecule has 0 saturated carbocycles. The number of nitrogens with zero attached hydrogens (tertiary/aromatic N) is 1. The molecule has 1 heterocycles. The summed E-state index contributed by atoms with van der Waals surface area (Å²) in [5.41, 5.74) is 0. The lowest BCUT2D eigenvalue weighted by atomic mass is 10.2. The number of esters is 1. The van der Waals surface area contributed by atoms with Crippen LogP contribution in [0, 0.1) is 0 Å². The number of methoxy groups -OCH3 is 2. The molecule has 1 aliphatic rings. The van der Waals surface area contributed by atoms with Crippen LogP contribution >= 0.6 is 12.6 Å². The maximum absolute atomic E-state index is 12.7. The average Bonchev–Trinajstić information content (AvgIpc) is 2.89. The van der Waals surface area contributed by atoms with Gasteiger partial charge in [0.2, 0.25) is 10.0 Å². The molecule has 1 fully saturated rings. The fraction of sp³-hybridized carbons (Fsp3) is 0.462. The third-order valence-corrected chi connectivity index (χ3v) is 5.64. The summed E-state index contributed by atoms with van der Waals surface area (Å²) in [6.07, 6.45) is 0.338. The molecule has 2 rings (SSSR count). The Bertz CT molecular complexity index is 614. The van der Waals surface area contributed by atoms with E-state index in [1.807, 2.05) is 0 Å². The summed E-state index contributed by atoms with van der Waals surface area (Å²) in [6, 6.07) is 5.20. The first-order valence-corrected chi connectivity index (χ1v) is 8.27. The van der Waals surface area contributed by atoms with Crippen molar-refractivity contribution >= 4 is 28.6 Å². The first kappa shape index (κ1) is 16.1. The van der Waals surface area contributed by atoms with E-state index in [0.29, 0.717) is 12.2 Å². The summed E-state index contributed by atoms with van der Waals surface area (Å²) in [7, 11) is -1.03. The molecule has 1 saturated heterocycles. The minimum Gasteiger partial charge on any atom is -0.497 e. The molecule has 0 radical (unpaired) electrons.